The fraction of sp³-hybridized carbons (Fsp3) is 0.146. The second-order valence-electron chi connectivity index (χ2n) is 26.9. The maximum absolute atomic E-state index is 7.20. The van der Waals surface area contributed by atoms with Crippen molar-refractivity contribution in [1.29, 1.82) is 0 Å². The average Bonchev–Trinajstić information content (AvgIpc) is 2.65. The molecular formula is C82H58O2. The Bertz CT molecular complexity index is 5260. The Morgan fingerprint density at radius 2 is 0.548 bits per heavy atom. The van der Waals surface area contributed by atoms with E-state index in [1.54, 1.807) is 0 Å². The van der Waals surface area contributed by atoms with E-state index in [9.17, 15) is 0 Å². The van der Waals surface area contributed by atoms with Gasteiger partial charge in [0.05, 0.1) is 0 Å². The molecule has 13 aromatic carbocycles. The van der Waals surface area contributed by atoms with Gasteiger partial charge >= 0.3 is 0 Å². The number of hydrogen-bond acceptors (Lipinski definition) is 2. The summed E-state index contributed by atoms with van der Waals surface area (Å²) in [5.74, 6) is 0. The highest BCUT2D eigenvalue weighted by Gasteiger charge is 2.46. The highest BCUT2D eigenvalue weighted by molar-refractivity contribution is 6.23. The molecule has 2 nitrogen and oxygen atoms in total. The Balaban J connectivity index is 0.805. The van der Waals surface area contributed by atoms with Crippen LogP contribution in [-0.4, -0.2) is 0 Å². The molecule has 4 aliphatic rings. The minimum Gasteiger partial charge on any atom is -0.455 e. The molecule has 398 valence electrons. The van der Waals surface area contributed by atoms with Crippen molar-refractivity contribution in [3.63, 3.8) is 0 Å². The molecule has 4 aliphatic carbocycles. The van der Waals surface area contributed by atoms with Gasteiger partial charge in [0, 0.05) is 54.3 Å². The van der Waals surface area contributed by atoms with Crippen LogP contribution in [0.2, 0.25) is 0 Å². The molecule has 84 heavy (non-hydrogen) atoms. The Labute approximate surface area is 487 Å². The summed E-state index contributed by atoms with van der Waals surface area (Å²) in [6.45, 7) is 19.5. The molecule has 2 heteroatoms. The first-order valence-corrected chi connectivity index (χ1v) is 30.1. The lowest BCUT2D eigenvalue weighted by molar-refractivity contribution is 0.650. The zero-order chi connectivity index (χ0) is 56.2. The van der Waals surface area contributed by atoms with E-state index in [1.165, 1.54) is 154 Å². The first kappa shape index (κ1) is 47.0. The number of fused-ring (bicyclic) bond motifs is 30. The predicted octanol–water partition coefficient (Wildman–Crippen LogP) is 22.7. The van der Waals surface area contributed by atoms with Gasteiger partial charge in [-0.05, 0) is 192 Å². The molecule has 2 aromatic heterocycles. The molecule has 19 rings (SSSR count). The van der Waals surface area contributed by atoms with Gasteiger partial charge < -0.3 is 8.83 Å². The van der Waals surface area contributed by atoms with Gasteiger partial charge in [-0.15, -0.1) is 0 Å². The van der Waals surface area contributed by atoms with Crippen molar-refractivity contribution in [1.82, 2.24) is 0 Å². The summed E-state index contributed by atoms with van der Waals surface area (Å²) in [6.07, 6.45) is 0. The van der Waals surface area contributed by atoms with Gasteiger partial charge in [0.25, 0.3) is 0 Å². The summed E-state index contributed by atoms with van der Waals surface area (Å²) in [5, 5.41) is 15.3. The van der Waals surface area contributed by atoms with Crippen LogP contribution in [0.5, 0.6) is 0 Å². The van der Waals surface area contributed by atoms with Gasteiger partial charge in [-0.1, -0.05) is 213 Å². The first-order valence-electron chi connectivity index (χ1n) is 30.1. The molecule has 0 radical (unpaired) electrons. The van der Waals surface area contributed by atoms with Crippen LogP contribution in [0.3, 0.4) is 0 Å². The zero-order valence-corrected chi connectivity index (χ0v) is 48.4. The highest BCUT2D eigenvalue weighted by atomic mass is 16.3. The molecule has 0 atom stereocenters. The Hall–Kier alpha value is -9.50. The zero-order valence-electron chi connectivity index (χ0n) is 48.4. The minimum absolute atomic E-state index is 0.240. The van der Waals surface area contributed by atoms with Gasteiger partial charge in [-0.2, -0.15) is 0 Å². The predicted molar refractivity (Wildman–Crippen MR) is 352 cm³/mol. The standard InChI is InChI=1S/C82H58O2/c1-79(2)63-41-60-64(42-59(63)71-65(79)39-57(77-73(71)55-29-17-19-31-67(55)83-77)43-33-35-53-61(37-43)81(5,6)75-51-27-15-11-23-47(51)45-21-9-13-25-49(45)69(53)75)80(3,4)66-40-58(78-74(72(60)66)56-30-18-20-32-68(56)84-78)44-34-36-54-62(38-44)82(7,8)76-52-28-16-12-24-48(52)46-22-10-14-26-50(46)70(54)76/h9-42H,1-8H3. The summed E-state index contributed by atoms with van der Waals surface area (Å²) in [5.41, 5.74) is 28.7. The maximum Gasteiger partial charge on any atom is 0.143 e. The summed E-state index contributed by atoms with van der Waals surface area (Å²) >= 11 is 0. The molecule has 0 bridgehead atoms. The summed E-state index contributed by atoms with van der Waals surface area (Å²) in [4.78, 5) is 0. The van der Waals surface area contributed by atoms with E-state index in [-0.39, 0.29) is 21.7 Å². The number of para-hydroxylation sites is 2. The molecule has 0 spiro atoms. The fourth-order valence-corrected chi connectivity index (χ4v) is 17.4. The lowest BCUT2D eigenvalue weighted by Crippen LogP contribution is -2.17. The normalized spacial score (nSPS) is 16.0. The lowest BCUT2D eigenvalue weighted by Gasteiger charge is -2.25. The number of hydrogen-bond donors (Lipinski definition) is 0. The van der Waals surface area contributed by atoms with E-state index in [0.717, 1.165) is 44.2 Å². The third-order valence-corrected chi connectivity index (χ3v) is 21.3. The SMILES string of the molecule is CC1(C)c2cc3c(cc2-c2c1cc(-c1ccc4c(c1)C(C)(C)c1c-4c4ccccc4c4ccccc14)c1oc4ccccc4c21)C(C)(C)c1cc(-c2ccc4c(c2)C(C)(C)c2c-4c4ccccc4c4ccccc24)c2oc4ccccc4c2c1-3. The third kappa shape index (κ3) is 5.55. The van der Waals surface area contributed by atoms with Crippen LogP contribution in [0.15, 0.2) is 215 Å². The fourth-order valence-electron chi connectivity index (χ4n) is 17.4. The average molecular weight is 1080 g/mol. The number of rotatable bonds is 2. The molecule has 0 unspecified atom stereocenters. The van der Waals surface area contributed by atoms with Crippen molar-refractivity contribution in [3.8, 4) is 66.8 Å². The number of furan rings is 2. The van der Waals surface area contributed by atoms with E-state index in [0.29, 0.717) is 0 Å². The van der Waals surface area contributed by atoms with Crippen molar-refractivity contribution in [2.24, 2.45) is 0 Å². The summed E-state index contributed by atoms with van der Waals surface area (Å²) < 4.78 is 14.4. The molecule has 0 fully saturated rings. The molecule has 0 saturated heterocycles. The molecule has 0 N–H and O–H groups in total. The molecule has 0 amide bonds. The van der Waals surface area contributed by atoms with E-state index >= 15 is 0 Å². The van der Waals surface area contributed by atoms with E-state index in [2.05, 4.69) is 262 Å². The van der Waals surface area contributed by atoms with Crippen molar-refractivity contribution >= 4 is 87.0 Å². The smallest absolute Gasteiger partial charge is 0.143 e. The Morgan fingerprint density at radius 3 is 0.940 bits per heavy atom. The van der Waals surface area contributed by atoms with Crippen LogP contribution in [0, 0.1) is 0 Å². The van der Waals surface area contributed by atoms with Crippen LogP contribution in [0.25, 0.3) is 154 Å². The highest BCUT2D eigenvalue weighted by Crippen LogP contribution is 2.63. The van der Waals surface area contributed by atoms with Crippen molar-refractivity contribution in [2.75, 3.05) is 0 Å². The largest absolute Gasteiger partial charge is 0.455 e. The molecule has 0 saturated carbocycles. The van der Waals surface area contributed by atoms with Gasteiger partial charge in [-0.25, -0.2) is 0 Å². The summed E-state index contributed by atoms with van der Waals surface area (Å²) in [7, 11) is 0. The second-order valence-corrected chi connectivity index (χ2v) is 26.9. The lowest BCUT2D eigenvalue weighted by atomic mass is 9.78. The summed E-state index contributed by atoms with van der Waals surface area (Å²) in [6, 6.07) is 78.1. The first-order chi connectivity index (χ1) is 40.7. The molecule has 0 aliphatic heterocycles. The van der Waals surface area contributed by atoms with E-state index < -0.39 is 0 Å². The van der Waals surface area contributed by atoms with Gasteiger partial charge in [0.2, 0.25) is 0 Å². The molecular weight excluding hydrogens is 1020 g/mol. The Morgan fingerprint density at radius 1 is 0.238 bits per heavy atom. The molecule has 15 aromatic rings. The quantitative estimate of drug-likeness (QED) is 0.161. The van der Waals surface area contributed by atoms with E-state index in [1.807, 2.05) is 0 Å². The topological polar surface area (TPSA) is 26.3 Å². The third-order valence-electron chi connectivity index (χ3n) is 21.3. The second kappa shape index (κ2) is 15.4. The van der Waals surface area contributed by atoms with Crippen LogP contribution in [-0.2, 0) is 21.7 Å². The van der Waals surface area contributed by atoms with Crippen molar-refractivity contribution < 1.29 is 8.83 Å². The van der Waals surface area contributed by atoms with Crippen LogP contribution in [0.1, 0.15) is 99.9 Å². The Kier molecular flexibility index (Phi) is 8.61. The van der Waals surface area contributed by atoms with Crippen molar-refractivity contribution in [3.05, 3.63) is 251 Å². The molecule has 2 heterocycles. The van der Waals surface area contributed by atoms with Crippen molar-refractivity contribution in [2.45, 2.75) is 77.0 Å². The number of benzene rings is 13. The van der Waals surface area contributed by atoms with Gasteiger partial charge in [0.1, 0.15) is 22.3 Å². The monoisotopic (exact) mass is 1070 g/mol. The van der Waals surface area contributed by atoms with Crippen LogP contribution in [0.4, 0.5) is 0 Å². The van der Waals surface area contributed by atoms with E-state index in [4.69, 9.17) is 8.83 Å². The van der Waals surface area contributed by atoms with Crippen LogP contribution < -0.4 is 0 Å². The van der Waals surface area contributed by atoms with Gasteiger partial charge in [-0.3, -0.25) is 0 Å². The van der Waals surface area contributed by atoms with Crippen LogP contribution >= 0.6 is 0 Å². The minimum atomic E-state index is -0.346. The van der Waals surface area contributed by atoms with Gasteiger partial charge in [0.15, 0.2) is 0 Å². The maximum atomic E-state index is 7.20.